The molecule has 6 nitrogen and oxygen atoms in total. The first-order valence-corrected chi connectivity index (χ1v) is 4.25. The van der Waals surface area contributed by atoms with Gasteiger partial charge in [-0.25, -0.2) is 4.68 Å². The second-order valence-electron chi connectivity index (χ2n) is 3.00. The lowest BCUT2D eigenvalue weighted by Crippen LogP contribution is -2.06. The Balaban J connectivity index is 2.50. The highest BCUT2D eigenvalue weighted by atomic mass is 16.1. The van der Waals surface area contributed by atoms with Crippen molar-refractivity contribution in [1.29, 1.82) is 0 Å². The van der Waals surface area contributed by atoms with Gasteiger partial charge in [-0.2, -0.15) is 0 Å². The summed E-state index contributed by atoms with van der Waals surface area (Å²) in [5.74, 6) is 0.311. The van der Waals surface area contributed by atoms with Crippen LogP contribution in [0.2, 0.25) is 0 Å². The minimum Gasteiger partial charge on any atom is -0.308 e. The van der Waals surface area contributed by atoms with Crippen LogP contribution in [-0.4, -0.2) is 26.7 Å². The van der Waals surface area contributed by atoms with E-state index >= 15 is 0 Å². The summed E-state index contributed by atoms with van der Waals surface area (Å²) >= 11 is 0. The van der Waals surface area contributed by atoms with Crippen LogP contribution in [0.3, 0.4) is 0 Å². The topological polar surface area (TPSA) is 76.9 Å². The van der Waals surface area contributed by atoms with Gasteiger partial charge in [-0.3, -0.25) is 9.59 Å². The summed E-state index contributed by atoms with van der Waals surface area (Å²) < 4.78 is 1.52. The molecule has 1 aromatic heterocycles. The molecule has 0 saturated carbocycles. The van der Waals surface area contributed by atoms with Gasteiger partial charge < -0.3 is 5.32 Å². The molecule has 0 fully saturated rings. The molecule has 0 aliphatic rings. The second kappa shape index (κ2) is 4.50. The first-order chi connectivity index (χ1) is 6.58. The van der Waals surface area contributed by atoms with Crippen molar-refractivity contribution in [3.8, 4) is 0 Å². The largest absolute Gasteiger partial charge is 0.308 e. The molecule has 6 heteroatoms. The van der Waals surface area contributed by atoms with Crippen LogP contribution in [0.5, 0.6) is 0 Å². The molecule has 0 spiro atoms. The Labute approximate surface area is 81.3 Å². The monoisotopic (exact) mass is 196 g/mol. The van der Waals surface area contributed by atoms with Crippen molar-refractivity contribution in [3.05, 3.63) is 6.20 Å². The molecule has 0 aliphatic heterocycles. The molecule has 1 aromatic rings. The molecule has 76 valence electrons. The van der Waals surface area contributed by atoms with Crippen LogP contribution in [-0.2, 0) is 16.1 Å². The summed E-state index contributed by atoms with van der Waals surface area (Å²) in [6, 6.07) is 0. The molecule has 0 bridgehead atoms. The minimum atomic E-state index is -0.191. The molecule has 0 aromatic carbocycles. The van der Waals surface area contributed by atoms with Gasteiger partial charge in [0.05, 0.1) is 6.20 Å². The zero-order chi connectivity index (χ0) is 10.6. The van der Waals surface area contributed by atoms with Gasteiger partial charge in [0.2, 0.25) is 5.91 Å². The average molecular weight is 196 g/mol. The highest BCUT2D eigenvalue weighted by Gasteiger charge is 2.02. The van der Waals surface area contributed by atoms with Gasteiger partial charge in [0.15, 0.2) is 5.82 Å². The Morgan fingerprint density at radius 2 is 2.21 bits per heavy atom. The highest BCUT2D eigenvalue weighted by molar-refractivity contribution is 5.87. The number of rotatable bonds is 4. The highest BCUT2D eigenvalue weighted by Crippen LogP contribution is 2.00. The molecule has 1 N–H and O–H groups in total. The number of carbonyl (C=O) groups is 2. The Bertz CT molecular complexity index is 345. The van der Waals surface area contributed by atoms with Crippen LogP contribution in [0.25, 0.3) is 0 Å². The molecular weight excluding hydrogens is 184 g/mol. The van der Waals surface area contributed by atoms with Gasteiger partial charge in [-0.1, -0.05) is 5.21 Å². The Kier molecular flexibility index (Phi) is 3.33. The maximum atomic E-state index is 10.7. The van der Waals surface area contributed by atoms with Crippen molar-refractivity contribution in [3.63, 3.8) is 0 Å². The third-order valence-corrected chi connectivity index (χ3v) is 1.54. The predicted octanol–water partition coefficient (Wildman–Crippen LogP) is 0.216. The number of amides is 1. The maximum absolute atomic E-state index is 10.7. The van der Waals surface area contributed by atoms with Crippen molar-refractivity contribution in [2.45, 2.75) is 26.8 Å². The number of hydrogen-bond donors (Lipinski definition) is 1. The van der Waals surface area contributed by atoms with Gasteiger partial charge in [-0.15, -0.1) is 5.10 Å². The number of anilines is 1. The van der Waals surface area contributed by atoms with E-state index in [-0.39, 0.29) is 11.7 Å². The number of carbonyl (C=O) groups excluding carboxylic acids is 2. The van der Waals surface area contributed by atoms with Crippen molar-refractivity contribution in [2.75, 3.05) is 5.32 Å². The number of ketones is 1. The SMILES string of the molecule is CC(=O)CCn1cc(NC(C)=O)nn1. The summed E-state index contributed by atoms with van der Waals surface area (Å²) in [6.07, 6.45) is 2.01. The normalized spacial score (nSPS) is 9.86. The van der Waals surface area contributed by atoms with Gasteiger partial charge in [0.1, 0.15) is 5.78 Å². The van der Waals surface area contributed by atoms with E-state index in [1.807, 2.05) is 0 Å². The Hall–Kier alpha value is -1.72. The van der Waals surface area contributed by atoms with E-state index in [0.717, 1.165) is 0 Å². The Morgan fingerprint density at radius 3 is 2.79 bits per heavy atom. The fraction of sp³-hybridized carbons (Fsp3) is 0.500. The zero-order valence-electron chi connectivity index (χ0n) is 8.15. The number of nitrogens with one attached hydrogen (secondary N) is 1. The summed E-state index contributed by atoms with van der Waals surface area (Å²) in [6.45, 7) is 3.40. The van der Waals surface area contributed by atoms with E-state index in [4.69, 9.17) is 0 Å². The van der Waals surface area contributed by atoms with Crippen molar-refractivity contribution in [1.82, 2.24) is 15.0 Å². The molecule has 0 atom stereocenters. The number of nitrogens with zero attached hydrogens (tertiary/aromatic N) is 3. The predicted molar refractivity (Wildman–Crippen MR) is 49.6 cm³/mol. The van der Waals surface area contributed by atoms with Crippen molar-refractivity contribution >= 4 is 17.5 Å². The molecule has 14 heavy (non-hydrogen) atoms. The van der Waals surface area contributed by atoms with Crippen LogP contribution in [0.15, 0.2) is 6.20 Å². The average Bonchev–Trinajstić information content (AvgIpc) is 2.47. The fourth-order valence-corrected chi connectivity index (χ4v) is 0.917. The summed E-state index contributed by atoms with van der Waals surface area (Å²) in [5, 5.41) is 9.94. The Morgan fingerprint density at radius 1 is 1.50 bits per heavy atom. The molecular formula is C8H12N4O2. The summed E-state index contributed by atoms with van der Waals surface area (Å²) in [7, 11) is 0. The lowest BCUT2D eigenvalue weighted by Gasteiger charge is -1.95. The van der Waals surface area contributed by atoms with E-state index in [1.165, 1.54) is 18.5 Å². The second-order valence-corrected chi connectivity index (χ2v) is 3.00. The first-order valence-electron chi connectivity index (χ1n) is 4.25. The van der Waals surface area contributed by atoms with Crippen LogP contribution in [0.1, 0.15) is 20.3 Å². The maximum Gasteiger partial charge on any atom is 0.222 e. The van der Waals surface area contributed by atoms with Gasteiger partial charge in [0, 0.05) is 19.9 Å². The van der Waals surface area contributed by atoms with Crippen LogP contribution in [0, 0.1) is 0 Å². The molecule has 0 radical (unpaired) electrons. The molecule has 0 unspecified atom stereocenters. The number of Topliss-reactive ketones (excluding diaryl/α,β-unsaturated/α-hetero) is 1. The molecule has 1 heterocycles. The van der Waals surface area contributed by atoms with E-state index in [0.29, 0.717) is 18.8 Å². The van der Waals surface area contributed by atoms with Crippen molar-refractivity contribution < 1.29 is 9.59 Å². The third-order valence-electron chi connectivity index (χ3n) is 1.54. The smallest absolute Gasteiger partial charge is 0.222 e. The number of aromatic nitrogens is 3. The van der Waals surface area contributed by atoms with E-state index < -0.39 is 0 Å². The van der Waals surface area contributed by atoms with Gasteiger partial charge >= 0.3 is 0 Å². The van der Waals surface area contributed by atoms with Crippen LogP contribution < -0.4 is 5.32 Å². The lowest BCUT2D eigenvalue weighted by molar-refractivity contribution is -0.117. The summed E-state index contributed by atoms with van der Waals surface area (Å²) in [5.41, 5.74) is 0. The molecule has 0 saturated heterocycles. The van der Waals surface area contributed by atoms with Crippen LogP contribution >= 0.6 is 0 Å². The quantitative estimate of drug-likeness (QED) is 0.747. The molecule has 1 amide bonds. The van der Waals surface area contributed by atoms with Crippen LogP contribution in [0.4, 0.5) is 5.82 Å². The number of hydrogen-bond acceptors (Lipinski definition) is 4. The van der Waals surface area contributed by atoms with E-state index in [2.05, 4.69) is 15.6 Å². The summed E-state index contributed by atoms with van der Waals surface area (Å²) in [4.78, 5) is 21.3. The third kappa shape index (κ3) is 3.34. The standard InChI is InChI=1S/C8H12N4O2/c1-6(13)3-4-12-5-8(10-11-12)9-7(2)14/h5H,3-4H2,1-2H3,(H,9,14). The molecule has 0 aliphatic carbocycles. The number of aryl methyl sites for hydroxylation is 1. The zero-order valence-corrected chi connectivity index (χ0v) is 8.15. The lowest BCUT2D eigenvalue weighted by atomic mass is 10.3. The van der Waals surface area contributed by atoms with Crippen molar-refractivity contribution in [2.24, 2.45) is 0 Å². The van der Waals surface area contributed by atoms with Gasteiger partial charge in [0.25, 0.3) is 0 Å². The van der Waals surface area contributed by atoms with E-state index in [9.17, 15) is 9.59 Å². The minimum absolute atomic E-state index is 0.0987. The van der Waals surface area contributed by atoms with Gasteiger partial charge in [-0.05, 0) is 6.92 Å². The van der Waals surface area contributed by atoms with E-state index in [1.54, 1.807) is 6.20 Å². The molecule has 1 rings (SSSR count). The fourth-order valence-electron chi connectivity index (χ4n) is 0.917. The first kappa shape index (κ1) is 10.4.